The first-order valence-corrected chi connectivity index (χ1v) is 5.75. The summed E-state index contributed by atoms with van der Waals surface area (Å²) in [5, 5.41) is 0. The number of fused-ring (bicyclic) bond motifs is 1. The van der Waals surface area contributed by atoms with Crippen LogP contribution in [-0.4, -0.2) is 37.6 Å². The molecule has 1 aliphatic heterocycles. The molecule has 0 bridgehead atoms. The molecule has 1 unspecified atom stereocenters. The fourth-order valence-corrected chi connectivity index (χ4v) is 2.33. The molecule has 1 radical (unpaired) electrons. The molecule has 91 valence electrons. The maximum Gasteiger partial charge on any atom is 0.239 e. The minimum atomic E-state index is -0.330. The number of carbonyl (C=O) groups excluding carboxylic acids is 1. The summed E-state index contributed by atoms with van der Waals surface area (Å²) in [5.41, 5.74) is 7.70. The summed E-state index contributed by atoms with van der Waals surface area (Å²) in [5.74, 6) is -0.298. The summed E-state index contributed by atoms with van der Waals surface area (Å²) < 4.78 is 5.06. The molecule has 0 saturated heterocycles. The maximum absolute atomic E-state index is 11.6. The Morgan fingerprint density at radius 1 is 1.71 bits per heavy atom. The van der Waals surface area contributed by atoms with E-state index in [0.717, 1.165) is 25.1 Å². The van der Waals surface area contributed by atoms with Gasteiger partial charge in [0.25, 0.3) is 0 Å². The molecule has 2 N–H and O–H groups in total. The number of nitrogens with zero attached hydrogens (tertiary/aromatic N) is 1. The predicted molar refractivity (Wildman–Crippen MR) is 64.4 cm³/mol. The number of ether oxygens (including phenoxy) is 1. The Balaban J connectivity index is 2.26. The standard InChI is InChI=1S/C13H17N2O2/c1-17-9-8-15-7-6-10-4-2-3-5-11(10)12(15)13(14)16/h3-5,12H,6-9H2,1H3,(H2,14,16). The van der Waals surface area contributed by atoms with Crippen molar-refractivity contribution in [1.29, 1.82) is 0 Å². The number of methoxy groups -OCH3 is 1. The second-order valence-electron chi connectivity index (χ2n) is 4.21. The summed E-state index contributed by atoms with van der Waals surface area (Å²) in [6.07, 6.45) is 0.931. The Morgan fingerprint density at radius 2 is 2.53 bits per heavy atom. The SMILES string of the molecule is COCCN1CCc2c[c]ccc2C1C(N)=O. The lowest BCUT2D eigenvalue weighted by molar-refractivity contribution is -0.124. The van der Waals surface area contributed by atoms with Gasteiger partial charge in [-0.25, -0.2) is 0 Å². The van der Waals surface area contributed by atoms with Gasteiger partial charge in [-0.3, -0.25) is 9.69 Å². The highest BCUT2D eigenvalue weighted by Gasteiger charge is 2.30. The molecule has 1 amide bonds. The van der Waals surface area contributed by atoms with Crippen LogP contribution in [0, 0.1) is 6.07 Å². The van der Waals surface area contributed by atoms with Crippen molar-refractivity contribution in [3.05, 3.63) is 35.4 Å². The summed E-state index contributed by atoms with van der Waals surface area (Å²) in [6.45, 7) is 2.17. The number of amides is 1. The minimum absolute atomic E-state index is 0.298. The highest BCUT2D eigenvalue weighted by molar-refractivity contribution is 5.82. The molecule has 0 aliphatic carbocycles. The van der Waals surface area contributed by atoms with E-state index in [-0.39, 0.29) is 11.9 Å². The Kier molecular flexibility index (Phi) is 3.76. The van der Waals surface area contributed by atoms with Gasteiger partial charge >= 0.3 is 0 Å². The van der Waals surface area contributed by atoms with E-state index >= 15 is 0 Å². The summed E-state index contributed by atoms with van der Waals surface area (Å²) in [6, 6.07) is 8.42. The van der Waals surface area contributed by atoms with E-state index < -0.39 is 0 Å². The maximum atomic E-state index is 11.6. The number of primary amides is 1. The molecule has 0 spiro atoms. The largest absolute Gasteiger partial charge is 0.383 e. The highest BCUT2D eigenvalue weighted by Crippen LogP contribution is 2.28. The zero-order chi connectivity index (χ0) is 12.3. The highest BCUT2D eigenvalue weighted by atomic mass is 16.5. The Labute approximate surface area is 101 Å². The number of rotatable bonds is 4. The molecule has 0 saturated carbocycles. The van der Waals surface area contributed by atoms with Crippen LogP contribution in [0.25, 0.3) is 0 Å². The molecule has 1 atom stereocenters. The molecule has 4 nitrogen and oxygen atoms in total. The quantitative estimate of drug-likeness (QED) is 0.824. The van der Waals surface area contributed by atoms with Gasteiger partial charge in [-0.1, -0.05) is 18.2 Å². The van der Waals surface area contributed by atoms with E-state index in [2.05, 4.69) is 11.0 Å². The number of benzene rings is 1. The van der Waals surface area contributed by atoms with Gasteiger partial charge in [-0.2, -0.15) is 0 Å². The smallest absolute Gasteiger partial charge is 0.239 e. The first-order chi connectivity index (χ1) is 8.24. The van der Waals surface area contributed by atoms with Crippen LogP contribution in [0.5, 0.6) is 0 Å². The van der Waals surface area contributed by atoms with Crippen molar-refractivity contribution in [2.24, 2.45) is 5.73 Å². The zero-order valence-corrected chi connectivity index (χ0v) is 9.98. The van der Waals surface area contributed by atoms with E-state index in [0.29, 0.717) is 6.61 Å². The lowest BCUT2D eigenvalue weighted by Gasteiger charge is -2.35. The van der Waals surface area contributed by atoms with E-state index in [1.807, 2.05) is 18.2 Å². The van der Waals surface area contributed by atoms with Crippen LogP contribution in [-0.2, 0) is 16.0 Å². The van der Waals surface area contributed by atoms with Crippen LogP contribution in [0.3, 0.4) is 0 Å². The van der Waals surface area contributed by atoms with Gasteiger partial charge in [0.05, 0.1) is 6.61 Å². The average Bonchev–Trinajstić information content (AvgIpc) is 2.35. The Hall–Kier alpha value is -1.39. The molecular weight excluding hydrogens is 216 g/mol. The van der Waals surface area contributed by atoms with Crippen molar-refractivity contribution >= 4 is 5.91 Å². The second kappa shape index (κ2) is 5.29. The van der Waals surface area contributed by atoms with Gasteiger partial charge in [0.15, 0.2) is 0 Å². The van der Waals surface area contributed by atoms with Crippen LogP contribution >= 0.6 is 0 Å². The third-order valence-corrected chi connectivity index (χ3v) is 3.17. The van der Waals surface area contributed by atoms with Crippen LogP contribution in [0.1, 0.15) is 17.2 Å². The van der Waals surface area contributed by atoms with Crippen molar-refractivity contribution in [3.8, 4) is 0 Å². The number of carbonyl (C=O) groups is 1. The fraction of sp³-hybridized carbons (Fsp3) is 0.462. The molecule has 0 fully saturated rings. The van der Waals surface area contributed by atoms with E-state index in [4.69, 9.17) is 10.5 Å². The first kappa shape index (κ1) is 12.1. The molecule has 1 heterocycles. The number of hydrogen-bond donors (Lipinski definition) is 1. The minimum Gasteiger partial charge on any atom is -0.383 e. The molecular formula is C13H17N2O2. The molecule has 2 rings (SSSR count). The fourth-order valence-electron chi connectivity index (χ4n) is 2.33. The lowest BCUT2D eigenvalue weighted by atomic mass is 9.92. The van der Waals surface area contributed by atoms with Crippen molar-refractivity contribution in [1.82, 2.24) is 4.90 Å². The molecule has 1 aliphatic rings. The van der Waals surface area contributed by atoms with Gasteiger partial charge in [0, 0.05) is 20.2 Å². The molecule has 1 aromatic carbocycles. The molecule has 17 heavy (non-hydrogen) atoms. The summed E-state index contributed by atoms with van der Waals surface area (Å²) in [4.78, 5) is 13.7. The monoisotopic (exact) mass is 233 g/mol. The molecule has 4 heteroatoms. The summed E-state index contributed by atoms with van der Waals surface area (Å²) in [7, 11) is 1.66. The Morgan fingerprint density at radius 3 is 3.24 bits per heavy atom. The molecule has 0 aromatic heterocycles. The van der Waals surface area contributed by atoms with Gasteiger partial charge in [0.1, 0.15) is 6.04 Å². The topological polar surface area (TPSA) is 55.6 Å². The van der Waals surface area contributed by atoms with Gasteiger partial charge in [0.2, 0.25) is 5.91 Å². The van der Waals surface area contributed by atoms with E-state index in [1.165, 1.54) is 5.56 Å². The van der Waals surface area contributed by atoms with Crippen LogP contribution in [0.4, 0.5) is 0 Å². The van der Waals surface area contributed by atoms with E-state index in [9.17, 15) is 4.79 Å². The third kappa shape index (κ3) is 2.48. The number of nitrogens with two attached hydrogens (primary N) is 1. The van der Waals surface area contributed by atoms with Gasteiger partial charge in [-0.15, -0.1) is 0 Å². The summed E-state index contributed by atoms with van der Waals surface area (Å²) >= 11 is 0. The third-order valence-electron chi connectivity index (χ3n) is 3.17. The second-order valence-corrected chi connectivity index (χ2v) is 4.21. The van der Waals surface area contributed by atoms with Crippen molar-refractivity contribution in [2.75, 3.05) is 26.8 Å². The van der Waals surface area contributed by atoms with Crippen molar-refractivity contribution < 1.29 is 9.53 Å². The van der Waals surface area contributed by atoms with Crippen molar-refractivity contribution in [2.45, 2.75) is 12.5 Å². The van der Waals surface area contributed by atoms with Gasteiger partial charge in [-0.05, 0) is 23.6 Å². The molecule has 1 aromatic rings. The van der Waals surface area contributed by atoms with Crippen LogP contribution in [0.2, 0.25) is 0 Å². The average molecular weight is 233 g/mol. The zero-order valence-electron chi connectivity index (χ0n) is 9.98. The van der Waals surface area contributed by atoms with E-state index in [1.54, 1.807) is 7.11 Å². The normalized spacial score (nSPS) is 19.9. The first-order valence-electron chi connectivity index (χ1n) is 5.75. The lowest BCUT2D eigenvalue weighted by Crippen LogP contribution is -2.43. The van der Waals surface area contributed by atoms with Crippen LogP contribution < -0.4 is 5.73 Å². The van der Waals surface area contributed by atoms with Gasteiger partial charge < -0.3 is 10.5 Å². The number of hydrogen-bond acceptors (Lipinski definition) is 3. The van der Waals surface area contributed by atoms with Crippen molar-refractivity contribution in [3.63, 3.8) is 0 Å². The van der Waals surface area contributed by atoms with Crippen LogP contribution in [0.15, 0.2) is 18.2 Å². The predicted octanol–water partition coefficient (Wildman–Crippen LogP) is 0.518. The Bertz CT molecular complexity index is 406.